The molecule has 1 atom stereocenters. The van der Waals surface area contributed by atoms with E-state index in [-0.39, 0.29) is 54.1 Å². The van der Waals surface area contributed by atoms with Crippen molar-refractivity contribution in [3.63, 3.8) is 0 Å². The molecule has 0 saturated carbocycles. The Morgan fingerprint density at radius 1 is 0.875 bits per heavy atom. The van der Waals surface area contributed by atoms with Gasteiger partial charge in [0.05, 0.1) is 0 Å². The zero-order valence-electron chi connectivity index (χ0n) is 18.5. The van der Waals surface area contributed by atoms with Crippen molar-refractivity contribution >= 4 is 28.8 Å². The number of benzene rings is 2. The van der Waals surface area contributed by atoms with Crippen molar-refractivity contribution in [2.45, 2.75) is 39.5 Å². The molecule has 0 nitrogen and oxygen atoms in total. The molecule has 0 fully saturated rings. The number of hydrogen-bond donors (Lipinski definition) is 0. The van der Waals surface area contributed by atoms with Crippen LogP contribution in [0.25, 0.3) is 26.6 Å². The molecule has 0 aliphatic heterocycles. The van der Waals surface area contributed by atoms with Gasteiger partial charge in [-0.1, -0.05) is 49.5 Å². The molecule has 1 aliphatic rings. The Bertz CT molecular complexity index is 1240. The van der Waals surface area contributed by atoms with Gasteiger partial charge in [-0.05, 0) is 41.9 Å². The summed E-state index contributed by atoms with van der Waals surface area (Å²) in [6.45, 7) is 4.24. The van der Waals surface area contributed by atoms with Gasteiger partial charge in [0.2, 0.25) is 0 Å². The predicted octanol–water partition coefficient (Wildman–Crippen LogP) is 2.59. The van der Waals surface area contributed by atoms with E-state index in [1.54, 1.807) is 26.7 Å². The van der Waals surface area contributed by atoms with E-state index in [0.29, 0.717) is 0 Å². The molecule has 0 N–H and O–H groups in total. The van der Waals surface area contributed by atoms with Crippen LogP contribution >= 0.6 is 7.53 Å². The summed E-state index contributed by atoms with van der Waals surface area (Å²) in [7, 11) is -0.281. The minimum absolute atomic E-state index is 0. The summed E-state index contributed by atoms with van der Waals surface area (Å²) in [4.78, 5) is 0. The van der Waals surface area contributed by atoms with Crippen molar-refractivity contribution in [2.75, 3.05) is 0 Å². The molecule has 0 spiro atoms. The van der Waals surface area contributed by atoms with Crippen LogP contribution in [0.1, 0.15) is 34.8 Å². The first-order valence-electron chi connectivity index (χ1n) is 10.7. The van der Waals surface area contributed by atoms with Gasteiger partial charge < -0.3 is 24.8 Å². The first-order chi connectivity index (χ1) is 14.2. The van der Waals surface area contributed by atoms with Crippen molar-refractivity contribution in [3.8, 4) is 5.30 Å². The van der Waals surface area contributed by atoms with Crippen LogP contribution in [0.15, 0.2) is 78.9 Å². The second kappa shape index (κ2) is 11.7. The largest absolute Gasteiger partial charge is 4.00 e. The molecule has 6 rings (SSSR count). The van der Waals surface area contributed by atoms with Crippen LogP contribution in [-0.2, 0) is 34.6 Å². The van der Waals surface area contributed by atoms with Crippen LogP contribution in [0.5, 0.6) is 0 Å². The van der Waals surface area contributed by atoms with Crippen molar-refractivity contribution in [1.29, 1.82) is 0 Å². The standard InChI is InChI=1S/C21H18P.C7H9.2ClH.Ti/c1-2-8-16-14-17(13-15(16)7-1)22-20-11-5-3-9-18(20)19-10-4-6-12-21(19)22;1-6-4-3-5-7(6)2;;;/h1-3,5,7-9,11,13-14H,4,6,10,12H2;3-5H,1-2H3;2*1H;/q2*-1;;;+4/p-2. The minimum Gasteiger partial charge on any atom is -1.00 e. The van der Waals surface area contributed by atoms with Gasteiger partial charge in [0.1, 0.15) is 0 Å². The van der Waals surface area contributed by atoms with Crippen LogP contribution in [-0.4, -0.2) is 0 Å². The maximum Gasteiger partial charge on any atom is 4.00 e. The molecule has 5 aromatic rings. The SMILES string of the molecule is Cc1ccc[c-]1C.[Cl-].[Cl-].[Ti+4].c1ccc2[cH-]c(-p3c4c(c5ccccc53)CCCC4)cc2c1. The summed E-state index contributed by atoms with van der Waals surface area (Å²) in [5, 5.41) is 9.24. The molecule has 0 bridgehead atoms. The third-order valence-electron chi connectivity index (χ3n) is 6.35. The smallest absolute Gasteiger partial charge is 1.00 e. The molecule has 1 aliphatic carbocycles. The van der Waals surface area contributed by atoms with E-state index in [0.717, 1.165) is 0 Å². The fourth-order valence-corrected chi connectivity index (χ4v) is 7.64. The van der Waals surface area contributed by atoms with Gasteiger partial charge in [0.25, 0.3) is 0 Å². The maximum absolute atomic E-state index is 2.43. The summed E-state index contributed by atoms with van der Waals surface area (Å²) < 4.78 is 0. The molecule has 162 valence electrons. The number of halogens is 2. The minimum atomic E-state index is -0.281. The van der Waals surface area contributed by atoms with E-state index < -0.39 is 0 Å². The zero-order chi connectivity index (χ0) is 19.8. The monoisotopic (exact) mass is 512 g/mol. The average Bonchev–Trinajstić information content (AvgIpc) is 3.43. The fraction of sp³-hybridized carbons (Fsp3) is 0.214. The van der Waals surface area contributed by atoms with Crippen LogP contribution in [0.2, 0.25) is 0 Å². The third-order valence-corrected chi connectivity index (χ3v) is 9.03. The summed E-state index contributed by atoms with van der Waals surface area (Å²) in [5.74, 6) is 0. The van der Waals surface area contributed by atoms with E-state index in [4.69, 9.17) is 0 Å². The molecule has 0 saturated heterocycles. The third kappa shape index (κ3) is 5.12. The molecule has 32 heavy (non-hydrogen) atoms. The Morgan fingerprint density at radius 2 is 1.59 bits per heavy atom. The van der Waals surface area contributed by atoms with Gasteiger partial charge in [-0.25, -0.2) is 12.1 Å². The fourth-order valence-electron chi connectivity index (χ4n) is 4.65. The number of rotatable bonds is 1. The van der Waals surface area contributed by atoms with E-state index in [1.807, 2.05) is 0 Å². The second-order valence-electron chi connectivity index (χ2n) is 8.22. The molecule has 0 amide bonds. The van der Waals surface area contributed by atoms with Crippen molar-refractivity contribution in [3.05, 3.63) is 101 Å². The zero-order valence-corrected chi connectivity index (χ0v) is 22.5. The van der Waals surface area contributed by atoms with Gasteiger partial charge in [0, 0.05) is 5.12 Å². The molecule has 1 heterocycles. The van der Waals surface area contributed by atoms with Gasteiger partial charge in [0.15, 0.2) is 0 Å². The van der Waals surface area contributed by atoms with Gasteiger partial charge >= 0.3 is 21.7 Å². The Hall–Kier alpha value is -1.27. The number of fused-ring (bicyclic) bond motifs is 4. The molecular formula is C28H27Cl2PTi. The van der Waals surface area contributed by atoms with Gasteiger partial charge in [-0.15, -0.1) is 42.6 Å². The topological polar surface area (TPSA) is 0 Å². The quantitative estimate of drug-likeness (QED) is 0.239. The van der Waals surface area contributed by atoms with Gasteiger partial charge in [-0.3, -0.25) is 0 Å². The summed E-state index contributed by atoms with van der Waals surface area (Å²) in [5.41, 5.74) is 4.46. The number of hydrogen-bond acceptors (Lipinski definition) is 0. The summed E-state index contributed by atoms with van der Waals surface area (Å²) >= 11 is 0. The Balaban J connectivity index is 0.000000317. The molecule has 1 unspecified atom stereocenters. The van der Waals surface area contributed by atoms with Crippen LogP contribution in [0.4, 0.5) is 0 Å². The van der Waals surface area contributed by atoms with Crippen molar-refractivity contribution in [2.24, 2.45) is 0 Å². The molecule has 4 heteroatoms. The maximum atomic E-state index is 2.43. The molecule has 0 radical (unpaired) electrons. The predicted molar refractivity (Wildman–Crippen MR) is 129 cm³/mol. The van der Waals surface area contributed by atoms with E-state index in [1.165, 1.54) is 47.6 Å². The molecular weight excluding hydrogens is 486 g/mol. The Kier molecular flexibility index (Phi) is 9.90. The first kappa shape index (κ1) is 27.0. The Morgan fingerprint density at radius 3 is 2.28 bits per heavy atom. The summed E-state index contributed by atoms with van der Waals surface area (Å²) in [6, 6.07) is 29.1. The van der Waals surface area contributed by atoms with Gasteiger partial charge in [-0.2, -0.15) is 23.3 Å². The van der Waals surface area contributed by atoms with E-state index in [2.05, 4.69) is 92.7 Å². The summed E-state index contributed by atoms with van der Waals surface area (Å²) in [6.07, 6.45) is 5.31. The first-order valence-corrected chi connectivity index (χ1v) is 12.0. The molecule has 1 aromatic heterocycles. The average molecular weight is 513 g/mol. The van der Waals surface area contributed by atoms with E-state index >= 15 is 0 Å². The van der Waals surface area contributed by atoms with Crippen LogP contribution in [0.3, 0.4) is 0 Å². The number of aryl methyl sites for hydroxylation is 3. The van der Waals surface area contributed by atoms with Crippen molar-refractivity contribution in [1.82, 2.24) is 0 Å². The van der Waals surface area contributed by atoms with E-state index in [9.17, 15) is 0 Å². The normalized spacial score (nSPS) is 12.6. The van der Waals surface area contributed by atoms with Crippen LogP contribution < -0.4 is 24.8 Å². The van der Waals surface area contributed by atoms with Crippen LogP contribution in [0, 0.1) is 13.8 Å². The molecule has 4 aromatic carbocycles. The second-order valence-corrected chi connectivity index (χ2v) is 10.4. The Labute approximate surface area is 219 Å². The van der Waals surface area contributed by atoms with Crippen molar-refractivity contribution < 1.29 is 46.5 Å².